The summed E-state index contributed by atoms with van der Waals surface area (Å²) in [5, 5.41) is 3.84. The summed E-state index contributed by atoms with van der Waals surface area (Å²) in [6.45, 7) is 12.2. The Labute approximate surface area is 119 Å². The van der Waals surface area contributed by atoms with Gasteiger partial charge in [-0.15, -0.1) is 0 Å². The van der Waals surface area contributed by atoms with Gasteiger partial charge in [-0.25, -0.2) is 0 Å². The Morgan fingerprint density at radius 1 is 1.11 bits per heavy atom. The van der Waals surface area contributed by atoms with Gasteiger partial charge in [-0.3, -0.25) is 4.90 Å². The van der Waals surface area contributed by atoms with Crippen LogP contribution in [0.5, 0.6) is 0 Å². The second-order valence-electron chi connectivity index (χ2n) is 7.10. The third-order valence-electron chi connectivity index (χ3n) is 4.95. The van der Waals surface area contributed by atoms with Crippen molar-refractivity contribution < 1.29 is 4.74 Å². The molecule has 3 nitrogen and oxygen atoms in total. The summed E-state index contributed by atoms with van der Waals surface area (Å²) in [6.07, 6.45) is 6.95. The fourth-order valence-electron chi connectivity index (χ4n) is 3.37. The Balaban J connectivity index is 1.76. The highest BCUT2D eigenvalue weighted by Crippen LogP contribution is 2.23. The van der Waals surface area contributed by atoms with Gasteiger partial charge >= 0.3 is 0 Å². The summed E-state index contributed by atoms with van der Waals surface area (Å²) in [4.78, 5) is 2.57. The van der Waals surface area contributed by atoms with Gasteiger partial charge < -0.3 is 10.1 Å². The van der Waals surface area contributed by atoms with Crippen molar-refractivity contribution in [3.05, 3.63) is 0 Å². The van der Waals surface area contributed by atoms with Crippen molar-refractivity contribution in [2.75, 3.05) is 32.8 Å². The summed E-state index contributed by atoms with van der Waals surface area (Å²) in [5.74, 6) is 0.930. The fourth-order valence-corrected chi connectivity index (χ4v) is 3.37. The molecular formula is C16H32N2O. The molecule has 1 N–H and O–H groups in total. The minimum atomic E-state index is 0.252. The molecule has 2 fully saturated rings. The molecule has 3 heteroatoms. The third-order valence-corrected chi connectivity index (χ3v) is 4.95. The van der Waals surface area contributed by atoms with Crippen molar-refractivity contribution >= 4 is 0 Å². The van der Waals surface area contributed by atoms with Gasteiger partial charge in [0.05, 0.1) is 13.2 Å². The number of morpholine rings is 1. The molecule has 1 aliphatic heterocycles. The predicted octanol–water partition coefficient (Wildman–Crippen LogP) is 2.66. The smallest absolute Gasteiger partial charge is 0.0594 e. The van der Waals surface area contributed by atoms with E-state index in [2.05, 4.69) is 31.0 Å². The number of rotatable bonds is 4. The van der Waals surface area contributed by atoms with Gasteiger partial charge in [-0.2, -0.15) is 0 Å². The van der Waals surface area contributed by atoms with Crippen LogP contribution in [0.4, 0.5) is 0 Å². The second kappa shape index (κ2) is 7.05. The molecular weight excluding hydrogens is 236 g/mol. The molecule has 0 amide bonds. The van der Waals surface area contributed by atoms with Crippen LogP contribution in [-0.2, 0) is 4.74 Å². The van der Waals surface area contributed by atoms with Gasteiger partial charge in [0.15, 0.2) is 0 Å². The van der Waals surface area contributed by atoms with Gasteiger partial charge in [-0.05, 0) is 39.0 Å². The molecule has 0 aromatic carbocycles. The zero-order valence-corrected chi connectivity index (χ0v) is 13.1. The largest absolute Gasteiger partial charge is 0.379 e. The Bertz CT molecular complexity index is 261. The van der Waals surface area contributed by atoms with Crippen LogP contribution in [0, 0.1) is 5.92 Å². The van der Waals surface area contributed by atoms with E-state index in [1.54, 1.807) is 0 Å². The molecule has 1 aliphatic carbocycles. The van der Waals surface area contributed by atoms with Gasteiger partial charge in [-0.1, -0.05) is 19.8 Å². The van der Waals surface area contributed by atoms with E-state index < -0.39 is 0 Å². The monoisotopic (exact) mass is 268 g/mol. The topological polar surface area (TPSA) is 24.5 Å². The maximum Gasteiger partial charge on any atom is 0.0594 e. The van der Waals surface area contributed by atoms with Crippen molar-refractivity contribution in [1.82, 2.24) is 10.2 Å². The molecule has 1 saturated carbocycles. The van der Waals surface area contributed by atoms with Gasteiger partial charge in [0.2, 0.25) is 0 Å². The number of nitrogens with one attached hydrogen (secondary N) is 1. The maximum absolute atomic E-state index is 5.46. The molecule has 2 unspecified atom stereocenters. The molecule has 2 atom stereocenters. The first-order chi connectivity index (χ1) is 9.08. The molecule has 0 aromatic rings. The maximum atomic E-state index is 5.46. The molecule has 0 bridgehead atoms. The zero-order valence-electron chi connectivity index (χ0n) is 13.1. The lowest BCUT2D eigenvalue weighted by atomic mass is 10.00. The van der Waals surface area contributed by atoms with Gasteiger partial charge in [0.25, 0.3) is 0 Å². The van der Waals surface area contributed by atoms with Crippen LogP contribution in [0.25, 0.3) is 0 Å². The average Bonchev–Trinajstić information content (AvgIpc) is 2.62. The minimum absolute atomic E-state index is 0.252. The predicted molar refractivity (Wildman–Crippen MR) is 80.5 cm³/mol. The second-order valence-corrected chi connectivity index (χ2v) is 7.10. The van der Waals surface area contributed by atoms with Crippen LogP contribution < -0.4 is 5.32 Å². The Morgan fingerprint density at radius 3 is 2.58 bits per heavy atom. The van der Waals surface area contributed by atoms with Crippen LogP contribution in [0.2, 0.25) is 0 Å². The highest BCUT2D eigenvalue weighted by atomic mass is 16.5. The highest BCUT2D eigenvalue weighted by Gasteiger charge is 2.29. The van der Waals surface area contributed by atoms with E-state index in [9.17, 15) is 0 Å². The summed E-state index contributed by atoms with van der Waals surface area (Å²) in [6, 6.07) is 0.741. The summed E-state index contributed by atoms with van der Waals surface area (Å²) in [5.41, 5.74) is 0.252. The van der Waals surface area contributed by atoms with Crippen LogP contribution in [0.1, 0.15) is 52.9 Å². The Morgan fingerprint density at radius 2 is 1.84 bits per heavy atom. The van der Waals surface area contributed by atoms with E-state index in [0.717, 1.165) is 44.8 Å². The zero-order chi connectivity index (χ0) is 13.7. The number of hydrogen-bond acceptors (Lipinski definition) is 3. The SMILES string of the molecule is CC1CCCC(NCC(C)(C)N2CCOCC2)CC1. The lowest BCUT2D eigenvalue weighted by molar-refractivity contribution is -0.0105. The summed E-state index contributed by atoms with van der Waals surface area (Å²) >= 11 is 0. The minimum Gasteiger partial charge on any atom is -0.379 e. The first-order valence-electron chi connectivity index (χ1n) is 8.14. The van der Waals surface area contributed by atoms with E-state index in [0.29, 0.717) is 0 Å². The normalized spacial score (nSPS) is 31.1. The summed E-state index contributed by atoms with van der Waals surface area (Å²) < 4.78 is 5.46. The molecule has 0 aromatic heterocycles. The van der Waals surface area contributed by atoms with E-state index in [1.807, 2.05) is 0 Å². The van der Waals surface area contributed by atoms with Crippen molar-refractivity contribution in [2.24, 2.45) is 5.92 Å². The molecule has 19 heavy (non-hydrogen) atoms. The summed E-state index contributed by atoms with van der Waals surface area (Å²) in [7, 11) is 0. The van der Waals surface area contributed by atoms with Crippen LogP contribution in [0.15, 0.2) is 0 Å². The number of ether oxygens (including phenoxy) is 1. The van der Waals surface area contributed by atoms with Crippen LogP contribution in [-0.4, -0.2) is 49.3 Å². The van der Waals surface area contributed by atoms with Crippen molar-refractivity contribution in [3.8, 4) is 0 Å². The van der Waals surface area contributed by atoms with Gasteiger partial charge in [0, 0.05) is 31.2 Å². The first-order valence-corrected chi connectivity index (χ1v) is 8.14. The van der Waals surface area contributed by atoms with E-state index in [-0.39, 0.29) is 5.54 Å². The van der Waals surface area contributed by atoms with Crippen LogP contribution >= 0.6 is 0 Å². The van der Waals surface area contributed by atoms with Gasteiger partial charge in [0.1, 0.15) is 0 Å². The van der Waals surface area contributed by atoms with E-state index >= 15 is 0 Å². The molecule has 2 aliphatic rings. The van der Waals surface area contributed by atoms with Crippen molar-refractivity contribution in [1.29, 1.82) is 0 Å². The third kappa shape index (κ3) is 4.73. The molecule has 112 valence electrons. The quantitative estimate of drug-likeness (QED) is 0.793. The molecule has 0 radical (unpaired) electrons. The molecule has 0 spiro atoms. The van der Waals surface area contributed by atoms with Crippen molar-refractivity contribution in [2.45, 2.75) is 64.5 Å². The van der Waals surface area contributed by atoms with Crippen molar-refractivity contribution in [3.63, 3.8) is 0 Å². The lowest BCUT2D eigenvalue weighted by Gasteiger charge is -2.41. The standard InChI is InChI=1S/C16H32N2O/c1-14-5-4-6-15(8-7-14)17-13-16(2,3)18-9-11-19-12-10-18/h14-15,17H,4-13H2,1-3H3. The lowest BCUT2D eigenvalue weighted by Crippen LogP contribution is -2.55. The Hall–Kier alpha value is -0.120. The molecule has 1 heterocycles. The van der Waals surface area contributed by atoms with E-state index in [4.69, 9.17) is 4.74 Å². The first kappa shape index (κ1) is 15.3. The molecule has 2 rings (SSSR count). The number of nitrogens with zero attached hydrogens (tertiary/aromatic N) is 1. The average molecular weight is 268 g/mol. The fraction of sp³-hybridized carbons (Fsp3) is 1.00. The highest BCUT2D eigenvalue weighted by molar-refractivity contribution is 4.87. The number of hydrogen-bond donors (Lipinski definition) is 1. The molecule has 1 saturated heterocycles. The Kier molecular flexibility index (Phi) is 5.67. The van der Waals surface area contributed by atoms with E-state index in [1.165, 1.54) is 32.1 Å². The van der Waals surface area contributed by atoms with Crippen LogP contribution in [0.3, 0.4) is 0 Å².